The van der Waals surface area contributed by atoms with Crippen molar-refractivity contribution in [2.45, 2.75) is 4.90 Å². The van der Waals surface area contributed by atoms with Gasteiger partial charge in [0.15, 0.2) is 9.84 Å². The van der Waals surface area contributed by atoms with E-state index in [0.717, 1.165) is 6.26 Å². The zero-order chi connectivity index (χ0) is 17.9. The van der Waals surface area contributed by atoms with Crippen molar-refractivity contribution < 1.29 is 13.2 Å². The Kier molecular flexibility index (Phi) is 5.70. The van der Waals surface area contributed by atoms with Crippen LogP contribution in [0.3, 0.4) is 0 Å². The van der Waals surface area contributed by atoms with Gasteiger partial charge in [-0.05, 0) is 24.3 Å². The summed E-state index contributed by atoms with van der Waals surface area (Å²) in [6, 6.07) is 11.4. The molecule has 7 heteroatoms. The van der Waals surface area contributed by atoms with Crippen LogP contribution in [-0.2, 0) is 9.84 Å². The first-order chi connectivity index (χ1) is 11.3. The van der Waals surface area contributed by atoms with Crippen LogP contribution in [0.25, 0.3) is 0 Å². The Bertz CT molecular complexity index is 880. The Labute approximate surface area is 151 Å². The minimum absolute atomic E-state index is 0.0194. The number of anilines is 1. The van der Waals surface area contributed by atoms with Gasteiger partial charge in [-0.3, -0.25) is 4.79 Å². The van der Waals surface area contributed by atoms with Crippen molar-refractivity contribution in [1.82, 2.24) is 0 Å². The van der Waals surface area contributed by atoms with E-state index in [1.165, 1.54) is 17.0 Å². The molecule has 0 fully saturated rings. The lowest BCUT2D eigenvalue weighted by Crippen LogP contribution is -2.31. The van der Waals surface area contributed by atoms with E-state index in [-0.39, 0.29) is 27.0 Å². The van der Waals surface area contributed by atoms with Gasteiger partial charge in [-0.15, -0.1) is 6.58 Å². The molecular formula is C17H15Cl2NO3S. The van der Waals surface area contributed by atoms with Crippen molar-refractivity contribution in [3.8, 4) is 0 Å². The van der Waals surface area contributed by atoms with Gasteiger partial charge in [-0.1, -0.05) is 47.5 Å². The Morgan fingerprint density at radius 2 is 1.79 bits per heavy atom. The largest absolute Gasteiger partial charge is 0.305 e. The van der Waals surface area contributed by atoms with E-state index in [0.29, 0.717) is 5.69 Å². The van der Waals surface area contributed by atoms with E-state index in [9.17, 15) is 13.2 Å². The summed E-state index contributed by atoms with van der Waals surface area (Å²) in [5.41, 5.74) is 0.710. The zero-order valence-corrected chi connectivity index (χ0v) is 15.2. The van der Waals surface area contributed by atoms with E-state index in [1.807, 2.05) is 6.07 Å². The van der Waals surface area contributed by atoms with Gasteiger partial charge in [-0.25, -0.2) is 8.42 Å². The van der Waals surface area contributed by atoms with Crippen LogP contribution in [0.1, 0.15) is 10.4 Å². The van der Waals surface area contributed by atoms with Gasteiger partial charge in [0.25, 0.3) is 5.91 Å². The first-order valence-electron chi connectivity index (χ1n) is 6.92. The summed E-state index contributed by atoms with van der Waals surface area (Å²) < 4.78 is 23.7. The van der Waals surface area contributed by atoms with Crippen molar-refractivity contribution >= 4 is 44.6 Å². The molecule has 24 heavy (non-hydrogen) atoms. The number of hydrogen-bond donors (Lipinski definition) is 0. The summed E-state index contributed by atoms with van der Waals surface area (Å²) in [4.78, 5) is 14.2. The second-order valence-electron chi connectivity index (χ2n) is 5.07. The van der Waals surface area contributed by atoms with Crippen molar-refractivity contribution in [3.63, 3.8) is 0 Å². The molecule has 4 nitrogen and oxygen atoms in total. The van der Waals surface area contributed by atoms with E-state index < -0.39 is 15.7 Å². The van der Waals surface area contributed by atoms with Crippen LogP contribution in [-0.4, -0.2) is 27.1 Å². The highest BCUT2D eigenvalue weighted by Gasteiger charge is 2.23. The molecule has 0 N–H and O–H groups in total. The Morgan fingerprint density at radius 1 is 1.17 bits per heavy atom. The fraction of sp³-hybridized carbons (Fsp3) is 0.118. The molecule has 1 amide bonds. The van der Waals surface area contributed by atoms with Gasteiger partial charge in [-0.2, -0.15) is 0 Å². The van der Waals surface area contributed by atoms with Gasteiger partial charge < -0.3 is 4.90 Å². The number of sulfone groups is 1. The smallest absolute Gasteiger partial charge is 0.260 e. The maximum atomic E-state index is 12.9. The van der Waals surface area contributed by atoms with Gasteiger partial charge in [0.2, 0.25) is 0 Å². The van der Waals surface area contributed by atoms with Gasteiger partial charge in [0.1, 0.15) is 0 Å². The normalized spacial score (nSPS) is 11.1. The third-order valence-corrected chi connectivity index (χ3v) is 5.15. The minimum Gasteiger partial charge on any atom is -0.305 e. The van der Waals surface area contributed by atoms with Gasteiger partial charge >= 0.3 is 0 Å². The molecule has 0 atom stereocenters. The molecule has 0 saturated carbocycles. The predicted octanol–water partition coefficient (Wildman–Crippen LogP) is 4.23. The number of para-hydroxylation sites is 1. The zero-order valence-electron chi connectivity index (χ0n) is 12.9. The van der Waals surface area contributed by atoms with Crippen LogP contribution in [0.5, 0.6) is 0 Å². The van der Waals surface area contributed by atoms with Crippen LogP contribution < -0.4 is 4.90 Å². The lowest BCUT2D eigenvalue weighted by atomic mass is 10.1. The third kappa shape index (κ3) is 3.98. The second kappa shape index (κ2) is 7.38. The molecule has 0 radical (unpaired) electrons. The first kappa shape index (κ1) is 18.5. The monoisotopic (exact) mass is 383 g/mol. The summed E-state index contributed by atoms with van der Waals surface area (Å²) in [6.45, 7) is 3.90. The van der Waals surface area contributed by atoms with Crippen LogP contribution in [0.2, 0.25) is 10.0 Å². The molecule has 126 valence electrons. The number of hydrogen-bond acceptors (Lipinski definition) is 3. The molecule has 0 aliphatic carbocycles. The summed E-state index contributed by atoms with van der Waals surface area (Å²) in [5, 5.41) is 0.0661. The number of benzene rings is 2. The maximum Gasteiger partial charge on any atom is 0.260 e. The quantitative estimate of drug-likeness (QED) is 0.725. The molecule has 2 rings (SSSR count). The lowest BCUT2D eigenvalue weighted by Gasteiger charge is -2.22. The molecule has 0 spiro atoms. The fourth-order valence-corrected chi connectivity index (χ4v) is 3.79. The van der Waals surface area contributed by atoms with E-state index in [4.69, 9.17) is 23.2 Å². The van der Waals surface area contributed by atoms with Crippen molar-refractivity contribution in [2.24, 2.45) is 0 Å². The molecule has 0 heterocycles. The third-order valence-electron chi connectivity index (χ3n) is 3.28. The average Bonchev–Trinajstić information content (AvgIpc) is 2.51. The standard InChI is InChI=1S/C17H15Cl2NO3S/c1-3-9-20(12-7-5-4-6-8-12)17(21)13-10-16(24(2,22)23)15(19)11-14(13)18/h3-8,10-11H,1,9H2,2H3. The van der Waals surface area contributed by atoms with Gasteiger partial charge in [0, 0.05) is 18.5 Å². The summed E-state index contributed by atoms with van der Waals surface area (Å²) >= 11 is 12.1. The molecule has 0 bridgehead atoms. The van der Waals surface area contributed by atoms with Crippen molar-refractivity contribution in [1.29, 1.82) is 0 Å². The predicted molar refractivity (Wildman–Crippen MR) is 97.9 cm³/mol. The average molecular weight is 384 g/mol. The number of halogens is 2. The van der Waals surface area contributed by atoms with Crippen LogP contribution in [0.4, 0.5) is 5.69 Å². The summed E-state index contributed by atoms with van der Waals surface area (Å²) in [7, 11) is -3.59. The van der Waals surface area contributed by atoms with E-state index in [1.54, 1.807) is 30.3 Å². The SMILES string of the molecule is C=CCN(C(=O)c1cc(S(C)(=O)=O)c(Cl)cc1Cl)c1ccccc1. The summed E-state index contributed by atoms with van der Waals surface area (Å²) in [5.74, 6) is -0.437. The molecule has 0 unspecified atom stereocenters. The highest BCUT2D eigenvalue weighted by atomic mass is 35.5. The number of carbonyl (C=O) groups excluding carboxylic acids is 1. The number of nitrogens with zero attached hydrogens (tertiary/aromatic N) is 1. The van der Waals surface area contributed by atoms with Crippen LogP contribution in [0, 0.1) is 0 Å². The van der Waals surface area contributed by atoms with Crippen LogP contribution in [0.15, 0.2) is 60.0 Å². The molecule has 0 aliphatic heterocycles. The van der Waals surface area contributed by atoms with Gasteiger partial charge in [0.05, 0.1) is 20.5 Å². The molecule has 0 aromatic heterocycles. The first-order valence-corrected chi connectivity index (χ1v) is 9.57. The topological polar surface area (TPSA) is 54.5 Å². The number of amides is 1. The Morgan fingerprint density at radius 3 is 2.33 bits per heavy atom. The fourth-order valence-electron chi connectivity index (χ4n) is 2.17. The van der Waals surface area contributed by atoms with E-state index >= 15 is 0 Å². The van der Waals surface area contributed by atoms with Crippen molar-refractivity contribution in [3.05, 3.63) is 70.7 Å². The maximum absolute atomic E-state index is 12.9. The molecule has 2 aromatic carbocycles. The van der Waals surface area contributed by atoms with E-state index in [2.05, 4.69) is 6.58 Å². The minimum atomic E-state index is -3.59. The number of rotatable bonds is 5. The van der Waals surface area contributed by atoms with Crippen molar-refractivity contribution in [2.75, 3.05) is 17.7 Å². The highest BCUT2D eigenvalue weighted by Crippen LogP contribution is 2.30. The summed E-state index contributed by atoms with van der Waals surface area (Å²) in [6.07, 6.45) is 2.60. The molecule has 0 aliphatic rings. The van der Waals surface area contributed by atoms with Crippen LogP contribution >= 0.6 is 23.2 Å². The molecular weight excluding hydrogens is 369 g/mol. The Balaban J connectivity index is 2.57. The number of carbonyl (C=O) groups is 1. The highest BCUT2D eigenvalue weighted by molar-refractivity contribution is 7.90. The Hall–Kier alpha value is -1.82. The lowest BCUT2D eigenvalue weighted by molar-refractivity contribution is 0.0989. The molecule has 0 saturated heterocycles. The second-order valence-corrected chi connectivity index (χ2v) is 7.87. The molecule has 2 aromatic rings.